The average Bonchev–Trinajstić information content (AvgIpc) is 3.13. The molecule has 274 valence electrons. The molecule has 1 amide bonds. The van der Waals surface area contributed by atoms with Crippen molar-refractivity contribution in [3.05, 3.63) is 142 Å². The van der Waals surface area contributed by atoms with E-state index in [0.29, 0.717) is 21.2 Å². The molecule has 0 aromatic heterocycles. The summed E-state index contributed by atoms with van der Waals surface area (Å²) in [6.07, 6.45) is -6.00. The Morgan fingerprint density at radius 2 is 1.29 bits per heavy atom. The molecule has 4 rings (SSSR count). The third kappa shape index (κ3) is 8.55. The van der Waals surface area contributed by atoms with Crippen LogP contribution in [0.2, 0.25) is 0 Å². The minimum atomic E-state index is -5.21. The zero-order chi connectivity index (χ0) is 38.2. The number of carbonyl (C=O) groups excluding carboxylic acids is 2. The van der Waals surface area contributed by atoms with E-state index in [1.165, 1.54) is 24.3 Å². The number of hydrogen-bond donors (Lipinski definition) is 3. The maximum atomic E-state index is 15.9. The predicted molar refractivity (Wildman–Crippen MR) is 199 cm³/mol. The van der Waals surface area contributed by atoms with Crippen LogP contribution in [0.15, 0.2) is 120 Å². The van der Waals surface area contributed by atoms with Crippen LogP contribution in [0.25, 0.3) is 0 Å². The Hall–Kier alpha value is -4.15. The molecule has 2 N–H and O–H groups in total. The summed E-state index contributed by atoms with van der Waals surface area (Å²) in [6, 6.07) is 27.7. The van der Waals surface area contributed by atoms with Gasteiger partial charge < -0.3 is 14.7 Å². The van der Waals surface area contributed by atoms with Crippen LogP contribution in [0, 0.1) is 11.8 Å². The molecule has 0 saturated carbocycles. The van der Waals surface area contributed by atoms with E-state index >= 15 is 22.4 Å². The Balaban J connectivity index is 2.17. The number of rotatable bonds is 13. The van der Waals surface area contributed by atoms with E-state index in [1.54, 1.807) is 91.0 Å². The summed E-state index contributed by atoms with van der Waals surface area (Å²) < 4.78 is 68.4. The van der Waals surface area contributed by atoms with Crippen LogP contribution in [0.5, 0.6) is 0 Å². The number of aliphatic hydroxyl groups excluding tert-OH is 1. The molecule has 0 aliphatic rings. The molecule has 0 aliphatic carbocycles. The number of esters is 1. The van der Waals surface area contributed by atoms with Crippen LogP contribution in [-0.2, 0) is 25.4 Å². The Kier molecular flexibility index (Phi) is 13.4. The summed E-state index contributed by atoms with van der Waals surface area (Å²) in [7, 11) is 1.13. The molecule has 6 nitrogen and oxygen atoms in total. The molecule has 4 aromatic carbocycles. The first-order chi connectivity index (χ1) is 24.7. The first-order valence-electron chi connectivity index (χ1n) is 16.2. The van der Waals surface area contributed by atoms with Gasteiger partial charge in [0.25, 0.3) is 0 Å². The fourth-order valence-corrected chi connectivity index (χ4v) is 6.98. The maximum Gasteiger partial charge on any atom is 0.422 e. The summed E-state index contributed by atoms with van der Waals surface area (Å²) in [6.45, 7) is 1.35. The van der Waals surface area contributed by atoms with Crippen molar-refractivity contribution >= 4 is 40.4 Å². The van der Waals surface area contributed by atoms with Crippen molar-refractivity contribution in [1.82, 2.24) is 10.2 Å². The Labute approximate surface area is 315 Å². The SMILES string of the molecule is COC(=O)[C@H](CS)N(C(=O)[C@H](CC(C)(C)F)N[C@@](C#CCO)(c1ccc(Br)cc1)C(F)(F)F)C(c1ccccc1)(c1ccccc1)c1ccccc1. The second-order valence-corrected chi connectivity index (χ2v) is 13.9. The number of amides is 1. The number of nitrogens with one attached hydrogen (secondary N) is 1. The van der Waals surface area contributed by atoms with Crippen LogP contribution >= 0.6 is 28.6 Å². The highest BCUT2D eigenvalue weighted by molar-refractivity contribution is 9.10. The standard InChI is InChI=1S/C40H39BrF4N2O4S/c1-37(2,42)26-33(46-38(24-13-25-48,40(43,44)45)28-20-22-32(41)23-21-28)35(49)47(34(27-52)36(50)51-3)39(29-14-7-4-8-15-29,30-16-9-5-10-17-30)31-18-11-6-12-19-31/h4-12,14-23,33-34,46,48,52H,25-27H2,1-3H3/t33-,34-,38-/m0/s1. The van der Waals surface area contributed by atoms with E-state index in [-0.39, 0.29) is 5.75 Å². The number of benzene rings is 4. The van der Waals surface area contributed by atoms with E-state index in [9.17, 15) is 9.90 Å². The van der Waals surface area contributed by atoms with E-state index < -0.39 is 65.5 Å². The fourth-order valence-electron chi connectivity index (χ4n) is 6.40. The quantitative estimate of drug-likeness (QED) is 0.0428. The van der Waals surface area contributed by atoms with E-state index in [0.717, 1.165) is 25.9 Å². The number of carbonyl (C=O) groups is 2. The van der Waals surface area contributed by atoms with E-state index in [2.05, 4.69) is 45.7 Å². The van der Waals surface area contributed by atoms with Crippen LogP contribution in [0.1, 0.15) is 42.5 Å². The van der Waals surface area contributed by atoms with Gasteiger partial charge in [-0.1, -0.05) is 131 Å². The molecule has 12 heteroatoms. The Morgan fingerprint density at radius 1 is 0.827 bits per heavy atom. The minimum Gasteiger partial charge on any atom is -0.467 e. The maximum absolute atomic E-state index is 15.9. The monoisotopic (exact) mass is 798 g/mol. The van der Waals surface area contributed by atoms with Crippen molar-refractivity contribution in [3.63, 3.8) is 0 Å². The lowest BCUT2D eigenvalue weighted by molar-refractivity contribution is -0.187. The number of hydrogen-bond acceptors (Lipinski definition) is 6. The van der Waals surface area contributed by atoms with Crippen molar-refractivity contribution in [3.8, 4) is 11.8 Å². The number of alkyl halides is 4. The molecule has 0 saturated heterocycles. The summed E-state index contributed by atoms with van der Waals surface area (Å²) in [4.78, 5) is 30.6. The van der Waals surface area contributed by atoms with Crippen LogP contribution in [0.3, 0.4) is 0 Å². The molecule has 4 aromatic rings. The second kappa shape index (κ2) is 17.1. The van der Waals surface area contributed by atoms with Gasteiger partial charge in [-0.15, -0.1) is 0 Å². The number of halogens is 5. The average molecular weight is 800 g/mol. The lowest BCUT2D eigenvalue weighted by Gasteiger charge is -2.50. The van der Waals surface area contributed by atoms with Gasteiger partial charge in [-0.2, -0.15) is 25.8 Å². The summed E-state index contributed by atoms with van der Waals surface area (Å²) in [5.41, 5.74) is -6.21. The molecule has 52 heavy (non-hydrogen) atoms. The van der Waals surface area contributed by atoms with Gasteiger partial charge in [-0.05, 0) is 48.2 Å². The lowest BCUT2D eigenvalue weighted by Crippen LogP contribution is -2.66. The lowest BCUT2D eigenvalue weighted by atomic mass is 9.74. The van der Waals surface area contributed by atoms with Gasteiger partial charge in [0.05, 0.1) is 13.2 Å². The Morgan fingerprint density at radius 3 is 1.65 bits per heavy atom. The van der Waals surface area contributed by atoms with Gasteiger partial charge in [-0.3, -0.25) is 10.1 Å². The van der Waals surface area contributed by atoms with Crippen LogP contribution in [-0.4, -0.2) is 65.3 Å². The first kappa shape index (κ1) is 40.6. The number of methoxy groups -OCH3 is 1. The third-order valence-corrected chi connectivity index (χ3v) is 9.44. The number of ether oxygens (including phenoxy) is 1. The van der Waals surface area contributed by atoms with Gasteiger partial charge in [0.2, 0.25) is 11.4 Å². The number of nitrogens with zero attached hydrogens (tertiary/aromatic N) is 1. The van der Waals surface area contributed by atoms with Gasteiger partial charge in [0, 0.05) is 16.6 Å². The van der Waals surface area contributed by atoms with Crippen molar-refractivity contribution in [1.29, 1.82) is 0 Å². The zero-order valence-corrected chi connectivity index (χ0v) is 31.2. The van der Waals surface area contributed by atoms with Gasteiger partial charge in [-0.25, -0.2) is 9.18 Å². The molecule has 0 unspecified atom stereocenters. The molecule has 0 bridgehead atoms. The van der Waals surface area contributed by atoms with Crippen molar-refractivity contribution < 1.29 is 37.0 Å². The highest BCUT2D eigenvalue weighted by Crippen LogP contribution is 2.46. The van der Waals surface area contributed by atoms with Crippen molar-refractivity contribution in [2.24, 2.45) is 0 Å². The zero-order valence-electron chi connectivity index (χ0n) is 28.7. The van der Waals surface area contributed by atoms with Crippen molar-refractivity contribution in [2.45, 2.75) is 55.3 Å². The number of thiol groups is 1. The van der Waals surface area contributed by atoms with Crippen LogP contribution in [0.4, 0.5) is 17.6 Å². The van der Waals surface area contributed by atoms with Gasteiger partial charge in [0.1, 0.15) is 23.9 Å². The molecule has 0 radical (unpaired) electrons. The largest absolute Gasteiger partial charge is 0.467 e. The van der Waals surface area contributed by atoms with Crippen LogP contribution < -0.4 is 5.32 Å². The fraction of sp³-hybridized carbons (Fsp3) is 0.300. The summed E-state index contributed by atoms with van der Waals surface area (Å²) >= 11 is 7.73. The second-order valence-electron chi connectivity index (χ2n) is 12.6. The molecule has 0 spiro atoms. The number of aliphatic hydroxyl groups is 1. The highest BCUT2D eigenvalue weighted by atomic mass is 79.9. The van der Waals surface area contributed by atoms with Gasteiger partial charge >= 0.3 is 12.1 Å². The molecule has 3 atom stereocenters. The summed E-state index contributed by atoms with van der Waals surface area (Å²) in [5.74, 6) is 1.96. The molecule has 0 aliphatic heterocycles. The summed E-state index contributed by atoms with van der Waals surface area (Å²) in [5, 5.41) is 12.1. The topological polar surface area (TPSA) is 78.9 Å². The first-order valence-corrected chi connectivity index (χ1v) is 17.7. The normalized spacial score (nSPS) is 14.3. The van der Waals surface area contributed by atoms with Gasteiger partial charge in [0.15, 0.2) is 0 Å². The van der Waals surface area contributed by atoms with Crippen molar-refractivity contribution in [2.75, 3.05) is 19.5 Å². The molecular formula is C40H39BrF4N2O4S. The molecule has 0 fully saturated rings. The molecular weight excluding hydrogens is 760 g/mol. The van der Waals surface area contributed by atoms with E-state index in [4.69, 9.17) is 4.74 Å². The minimum absolute atomic E-state index is 0.320. The third-order valence-electron chi connectivity index (χ3n) is 8.57. The Bertz CT molecular complexity index is 1750. The highest BCUT2D eigenvalue weighted by Gasteiger charge is 2.59. The van der Waals surface area contributed by atoms with E-state index in [1.807, 2.05) is 0 Å². The predicted octanol–water partition coefficient (Wildman–Crippen LogP) is 7.59. The molecule has 0 heterocycles. The smallest absolute Gasteiger partial charge is 0.422 e.